The number of hydrogen-bond acceptors (Lipinski definition) is 7. The summed E-state index contributed by atoms with van der Waals surface area (Å²) < 4.78 is 11.9. The lowest BCUT2D eigenvalue weighted by molar-refractivity contribution is -0.150. The van der Waals surface area contributed by atoms with Crippen LogP contribution in [0.1, 0.15) is 52.0 Å². The molecule has 2 saturated heterocycles. The predicted molar refractivity (Wildman–Crippen MR) is 154 cm³/mol. The number of likely N-dealkylation sites (tertiary alicyclic amines) is 1. The lowest BCUT2D eigenvalue weighted by Crippen LogP contribution is -2.60. The van der Waals surface area contributed by atoms with Crippen molar-refractivity contribution in [3.63, 3.8) is 0 Å². The Bertz CT molecular complexity index is 1190. The predicted octanol–water partition coefficient (Wildman–Crippen LogP) is 1.62. The van der Waals surface area contributed by atoms with Crippen LogP contribution < -0.4 is 20.1 Å². The molecule has 41 heavy (non-hydrogen) atoms. The van der Waals surface area contributed by atoms with Gasteiger partial charge in [0.05, 0.1) is 13.2 Å². The number of nitrogens with one attached hydrogen (secondary N) is 2. The fourth-order valence-corrected chi connectivity index (χ4v) is 5.67. The molecule has 224 valence electrons. The Kier molecular flexibility index (Phi) is 9.57. The molecule has 0 aliphatic carbocycles. The monoisotopic (exact) mass is 569 g/mol. The molecule has 4 amide bonds. The second-order valence-corrected chi connectivity index (χ2v) is 11.4. The van der Waals surface area contributed by atoms with Gasteiger partial charge in [-0.25, -0.2) is 0 Å². The van der Waals surface area contributed by atoms with Gasteiger partial charge in [-0.2, -0.15) is 0 Å². The van der Waals surface area contributed by atoms with Gasteiger partial charge in [-0.15, -0.1) is 0 Å². The van der Waals surface area contributed by atoms with Crippen LogP contribution in [0, 0.1) is 5.92 Å². The van der Waals surface area contributed by atoms with E-state index in [4.69, 9.17) is 9.47 Å². The topological polar surface area (TPSA) is 121 Å². The Morgan fingerprint density at radius 3 is 2.63 bits per heavy atom. The summed E-state index contributed by atoms with van der Waals surface area (Å²) in [7, 11) is 5.18. The molecule has 2 fully saturated rings. The number of hydrogen-bond donors (Lipinski definition) is 2. The molecular weight excluding hydrogens is 526 g/mol. The first-order valence-corrected chi connectivity index (χ1v) is 14.5. The zero-order valence-electron chi connectivity index (χ0n) is 24.9. The first-order valence-electron chi connectivity index (χ1n) is 14.5. The van der Waals surface area contributed by atoms with Crippen molar-refractivity contribution in [2.24, 2.45) is 5.92 Å². The number of likely N-dealkylation sites (N-methyl/N-ethyl adjacent to an activating group) is 1. The Balaban J connectivity index is 1.71. The summed E-state index contributed by atoms with van der Waals surface area (Å²) in [4.78, 5) is 59.5. The molecule has 0 radical (unpaired) electrons. The summed E-state index contributed by atoms with van der Waals surface area (Å²) in [6.07, 6.45) is 4.96. The van der Waals surface area contributed by atoms with Gasteiger partial charge >= 0.3 is 0 Å². The van der Waals surface area contributed by atoms with E-state index in [1.54, 1.807) is 73.3 Å². The van der Waals surface area contributed by atoms with Crippen LogP contribution in [0.3, 0.4) is 0 Å². The van der Waals surface area contributed by atoms with Gasteiger partial charge in [0.2, 0.25) is 23.6 Å². The largest absolute Gasteiger partial charge is 0.496 e. The van der Waals surface area contributed by atoms with Crippen LogP contribution in [0.25, 0.3) is 6.08 Å². The summed E-state index contributed by atoms with van der Waals surface area (Å²) >= 11 is 0. The van der Waals surface area contributed by atoms with Gasteiger partial charge in [-0.3, -0.25) is 24.1 Å². The Morgan fingerprint density at radius 1 is 1.20 bits per heavy atom. The standard InChI is InChI=1S/C30H43N5O6/c1-7-18(2)25(32-27(36)19(3)33(4)5)29(38)35-16-13-24-26(35)30(39)34-15-8-9-22(34)28(37)31-14-12-20-17-21(41-24)10-11-23(20)40-6/h10-12,14,17-19,22,24-26H,7-9,13,15-16H2,1-6H3,(H,31,37)(H,32,36)/b14-12-/t18-,19-,22-,24-,25-,26-/m0/s1. The maximum absolute atomic E-state index is 14.2. The minimum absolute atomic E-state index is 0.161. The van der Waals surface area contributed by atoms with E-state index in [-0.39, 0.29) is 29.5 Å². The Labute approximate surface area is 242 Å². The molecule has 11 heteroatoms. The highest BCUT2D eigenvalue weighted by Crippen LogP contribution is 2.32. The molecule has 3 aliphatic heterocycles. The molecule has 4 rings (SSSR count). The van der Waals surface area contributed by atoms with Crippen molar-refractivity contribution in [3.8, 4) is 11.5 Å². The number of ether oxygens (including phenoxy) is 2. The van der Waals surface area contributed by atoms with E-state index in [0.717, 1.165) is 0 Å². The summed E-state index contributed by atoms with van der Waals surface area (Å²) in [5.74, 6) is -0.191. The lowest BCUT2D eigenvalue weighted by Gasteiger charge is -2.36. The van der Waals surface area contributed by atoms with Crippen molar-refractivity contribution in [1.29, 1.82) is 0 Å². The van der Waals surface area contributed by atoms with Gasteiger partial charge in [0.15, 0.2) is 0 Å². The summed E-state index contributed by atoms with van der Waals surface area (Å²) in [5.41, 5.74) is 0.705. The molecule has 0 saturated carbocycles. The highest BCUT2D eigenvalue weighted by atomic mass is 16.5. The summed E-state index contributed by atoms with van der Waals surface area (Å²) in [6.45, 7) is 6.38. The Hall–Kier alpha value is -3.60. The zero-order valence-corrected chi connectivity index (χ0v) is 24.9. The molecule has 11 nitrogen and oxygen atoms in total. The van der Waals surface area contributed by atoms with Crippen molar-refractivity contribution >= 4 is 29.7 Å². The minimum Gasteiger partial charge on any atom is -0.496 e. The number of fused-ring (bicyclic) bond motifs is 4. The van der Waals surface area contributed by atoms with Gasteiger partial charge in [0.1, 0.15) is 35.7 Å². The molecule has 3 heterocycles. The van der Waals surface area contributed by atoms with Crippen molar-refractivity contribution in [2.45, 2.75) is 76.7 Å². The van der Waals surface area contributed by atoms with E-state index < -0.39 is 30.3 Å². The molecule has 2 N–H and O–H groups in total. The number of carbonyl (C=O) groups excluding carboxylic acids is 4. The van der Waals surface area contributed by atoms with E-state index in [2.05, 4.69) is 10.6 Å². The SMILES string of the molecule is CC[C@H](C)[C@H](NC(=O)[C@H](C)N(C)C)C(=O)N1CC[C@@H]2Oc3ccc(OC)c(c3)/C=C\NC(=O)[C@@H]3CCCN3C(=O)[C@H]21. The average Bonchev–Trinajstić information content (AvgIpc) is 3.62. The third kappa shape index (κ3) is 6.34. The van der Waals surface area contributed by atoms with Gasteiger partial charge in [0.25, 0.3) is 0 Å². The van der Waals surface area contributed by atoms with Crippen LogP contribution >= 0.6 is 0 Å². The third-order valence-electron chi connectivity index (χ3n) is 8.63. The van der Waals surface area contributed by atoms with Gasteiger partial charge < -0.3 is 29.9 Å². The summed E-state index contributed by atoms with van der Waals surface area (Å²) in [5, 5.41) is 5.77. The molecule has 1 aromatic carbocycles. The molecule has 0 aromatic heterocycles. The number of carbonyl (C=O) groups is 4. The number of nitrogens with zero attached hydrogens (tertiary/aromatic N) is 3. The smallest absolute Gasteiger partial charge is 0.249 e. The third-order valence-corrected chi connectivity index (χ3v) is 8.63. The lowest BCUT2D eigenvalue weighted by atomic mass is 9.96. The maximum atomic E-state index is 14.2. The van der Waals surface area contributed by atoms with Crippen LogP contribution in [0.4, 0.5) is 0 Å². The van der Waals surface area contributed by atoms with Crippen molar-refractivity contribution < 1.29 is 28.7 Å². The highest BCUT2D eigenvalue weighted by molar-refractivity contribution is 5.96. The van der Waals surface area contributed by atoms with Gasteiger partial charge in [-0.1, -0.05) is 20.3 Å². The van der Waals surface area contributed by atoms with E-state index >= 15 is 0 Å². The van der Waals surface area contributed by atoms with Crippen LogP contribution in [0.2, 0.25) is 0 Å². The first-order chi connectivity index (χ1) is 19.6. The average molecular weight is 570 g/mol. The number of benzene rings is 1. The van der Waals surface area contributed by atoms with Crippen LogP contribution in [-0.2, 0) is 19.2 Å². The van der Waals surface area contributed by atoms with E-state index in [1.165, 1.54) is 0 Å². The van der Waals surface area contributed by atoms with E-state index in [0.29, 0.717) is 55.8 Å². The molecule has 6 atom stereocenters. The van der Waals surface area contributed by atoms with Gasteiger partial charge in [0, 0.05) is 31.3 Å². The maximum Gasteiger partial charge on any atom is 0.249 e. The summed E-state index contributed by atoms with van der Waals surface area (Å²) in [6, 6.07) is 2.50. The fraction of sp³-hybridized carbons (Fsp3) is 0.600. The molecule has 1 aromatic rings. The molecular formula is C30H43N5O6. The number of rotatable bonds is 7. The molecule has 0 spiro atoms. The van der Waals surface area contributed by atoms with E-state index in [9.17, 15) is 19.2 Å². The van der Waals surface area contributed by atoms with Crippen molar-refractivity contribution in [1.82, 2.24) is 25.3 Å². The first kappa shape index (κ1) is 30.4. The fourth-order valence-electron chi connectivity index (χ4n) is 5.67. The van der Waals surface area contributed by atoms with Crippen molar-refractivity contribution in [2.75, 3.05) is 34.3 Å². The Morgan fingerprint density at radius 2 is 1.95 bits per heavy atom. The quantitative estimate of drug-likeness (QED) is 0.512. The van der Waals surface area contributed by atoms with Crippen LogP contribution in [0.15, 0.2) is 24.4 Å². The van der Waals surface area contributed by atoms with E-state index in [1.807, 2.05) is 13.8 Å². The van der Waals surface area contributed by atoms with Gasteiger partial charge in [-0.05, 0) is 64.1 Å². The van der Waals surface area contributed by atoms with Crippen molar-refractivity contribution in [3.05, 3.63) is 30.0 Å². The van der Waals surface area contributed by atoms with Crippen LogP contribution in [-0.4, -0.2) is 103 Å². The normalized spacial score (nSPS) is 25.4. The zero-order chi connectivity index (χ0) is 29.8. The molecule has 0 unspecified atom stereocenters. The molecule has 2 bridgehead atoms. The van der Waals surface area contributed by atoms with Crippen LogP contribution in [0.5, 0.6) is 11.5 Å². The minimum atomic E-state index is -0.940. The second kappa shape index (κ2) is 12.9. The molecule has 3 aliphatic rings. The number of methoxy groups -OCH3 is 1. The second-order valence-electron chi connectivity index (χ2n) is 11.4. The number of amides is 4. The highest BCUT2D eigenvalue weighted by Gasteiger charge is 2.49.